The Morgan fingerprint density at radius 2 is 0.861 bits per heavy atom. The Balaban J connectivity index is 1.10. The van der Waals surface area contributed by atoms with Crippen LogP contribution in [0.3, 0.4) is 0 Å². The van der Waals surface area contributed by atoms with E-state index in [1.54, 1.807) is 133 Å². The maximum Gasteiger partial charge on any atom is 0.305 e. The Bertz CT molecular complexity index is 2600. The lowest BCUT2D eigenvalue weighted by molar-refractivity contribution is -0.140. The van der Waals surface area contributed by atoms with Crippen LogP contribution in [0.1, 0.15) is 46.2 Å². The fourth-order valence-corrected chi connectivity index (χ4v) is 7.01. The van der Waals surface area contributed by atoms with E-state index in [1.807, 2.05) is 12.1 Å². The minimum atomic E-state index is -1.32. The number of nitrogens with one attached hydrogen (secondary N) is 4. The van der Waals surface area contributed by atoms with Gasteiger partial charge in [0.15, 0.2) is 0 Å². The van der Waals surface area contributed by atoms with Crippen molar-refractivity contribution >= 4 is 58.9 Å². The third kappa shape index (κ3) is 17.8. The molecule has 0 saturated carbocycles. The molecule has 5 aromatic carbocycles. The zero-order valence-corrected chi connectivity index (χ0v) is 39.0. The van der Waals surface area contributed by atoms with E-state index < -0.39 is 72.6 Å². The summed E-state index contributed by atoms with van der Waals surface area (Å²) in [7, 11) is 0. The van der Waals surface area contributed by atoms with E-state index in [1.165, 1.54) is 0 Å². The summed E-state index contributed by atoms with van der Waals surface area (Å²) in [5, 5.41) is 48.7. The molecule has 72 heavy (non-hydrogen) atoms. The Morgan fingerprint density at radius 3 is 1.18 bits per heavy atom. The second-order valence-electron chi connectivity index (χ2n) is 16.2. The smallest absolute Gasteiger partial charge is 0.305 e. The van der Waals surface area contributed by atoms with Gasteiger partial charge in [0.2, 0.25) is 23.6 Å². The molecule has 0 saturated heterocycles. The molecule has 0 aromatic heterocycles. The number of aliphatic carboxylic acids is 2. The molecule has 0 bridgehead atoms. The number of nitriles is 2. The number of rotatable bonds is 26. The van der Waals surface area contributed by atoms with Crippen molar-refractivity contribution in [1.29, 1.82) is 10.5 Å². The van der Waals surface area contributed by atoms with E-state index in [9.17, 15) is 39.3 Å². The third-order valence-electron chi connectivity index (χ3n) is 10.8. The number of ether oxygens (including phenoxy) is 2. The first-order valence-corrected chi connectivity index (χ1v) is 22.7. The van der Waals surface area contributed by atoms with Crippen LogP contribution in [0.5, 0.6) is 11.5 Å². The lowest BCUT2D eigenvalue weighted by Gasteiger charge is -2.20. The average Bonchev–Trinajstić information content (AvgIpc) is 3.38. The van der Waals surface area contributed by atoms with E-state index in [-0.39, 0.29) is 39.1 Å². The molecule has 0 radical (unpaired) electrons. The van der Waals surface area contributed by atoms with Crippen molar-refractivity contribution in [3.8, 4) is 23.6 Å². The minimum Gasteiger partial charge on any atom is -0.492 e. The Morgan fingerprint density at radius 1 is 0.514 bits per heavy atom. The van der Waals surface area contributed by atoms with E-state index >= 15 is 0 Å². The normalized spacial score (nSPS) is 12.8. The first-order valence-electron chi connectivity index (χ1n) is 22.7. The van der Waals surface area contributed by atoms with Gasteiger partial charge in [-0.2, -0.15) is 10.5 Å². The quantitative estimate of drug-likeness (QED) is 0.0222. The molecule has 18 nitrogen and oxygen atoms in total. The van der Waals surface area contributed by atoms with E-state index in [2.05, 4.69) is 33.4 Å². The van der Waals surface area contributed by atoms with Crippen LogP contribution in [0, 0.1) is 22.7 Å². The van der Waals surface area contributed by atoms with Crippen molar-refractivity contribution < 1.29 is 48.5 Å². The minimum absolute atomic E-state index is 0.100. The Hall–Kier alpha value is -9.10. The molecular formula is C54H54N8O10. The summed E-state index contributed by atoms with van der Waals surface area (Å²) in [5.41, 5.74) is 16.5. The molecule has 4 atom stereocenters. The number of carbonyl (C=O) groups is 6. The standard InChI is InChI=1S/C54H54N8O10/c55-33-41(27-37-11-19-43(20-12-37)71-25-23-59-53(69)47(29-35-7-3-1-4-8-35)61-51(67)45(57)31-49(63)64)39-15-17-40(18-16-39)42(34-56)28-38-13-21-44(22-14-38)72-26-24-60-54(70)48(30-36-9-5-2-6-10-36)62-52(68)46(58)32-50(65)66/h1-22,27-28,45-48H,23-26,29-32,57-58H2,(H,59,69)(H,60,70)(H,61,67)(H,62,68)(H,63,64)(H,65,66)/b41-27-,42-28-/t45-,46-,47-,48-/m0/s1. The van der Waals surface area contributed by atoms with Gasteiger partial charge in [-0.15, -0.1) is 0 Å². The fourth-order valence-electron chi connectivity index (χ4n) is 7.01. The van der Waals surface area contributed by atoms with Crippen molar-refractivity contribution in [2.24, 2.45) is 11.5 Å². The SMILES string of the molecule is N#C/C(=C/c1ccc(OCCNC(=O)[C@H](Cc2ccccc2)NC(=O)[C@@H](N)CC(=O)O)cc1)c1ccc(/C(C#N)=C\c2ccc(OCCNC(=O)[C@H](Cc3ccccc3)NC(=O)[C@@H](N)CC(=O)O)cc2)cc1. The van der Waals surface area contributed by atoms with Crippen LogP contribution in [0.15, 0.2) is 133 Å². The summed E-state index contributed by atoms with van der Waals surface area (Å²) in [6.07, 6.45) is 2.58. The lowest BCUT2D eigenvalue weighted by Crippen LogP contribution is -2.53. The van der Waals surface area contributed by atoms with E-state index in [0.717, 1.165) is 22.3 Å². The highest BCUT2D eigenvalue weighted by Gasteiger charge is 2.27. The Labute approximate surface area is 415 Å². The topological polar surface area (TPSA) is 309 Å². The van der Waals surface area contributed by atoms with Gasteiger partial charge in [-0.25, -0.2) is 0 Å². The Kier molecular flexibility index (Phi) is 20.8. The first kappa shape index (κ1) is 53.8. The summed E-state index contributed by atoms with van der Waals surface area (Å²) >= 11 is 0. The van der Waals surface area contributed by atoms with Crippen molar-refractivity contribution in [3.05, 3.63) is 167 Å². The first-order chi connectivity index (χ1) is 34.7. The third-order valence-corrected chi connectivity index (χ3v) is 10.8. The maximum absolute atomic E-state index is 13.1. The molecular weight excluding hydrogens is 921 g/mol. The molecule has 10 N–H and O–H groups in total. The molecule has 0 heterocycles. The number of benzene rings is 5. The molecule has 0 aliphatic heterocycles. The monoisotopic (exact) mass is 974 g/mol. The van der Waals surface area contributed by atoms with Crippen molar-refractivity contribution in [1.82, 2.24) is 21.3 Å². The zero-order valence-electron chi connectivity index (χ0n) is 39.0. The van der Waals surface area contributed by atoms with Gasteiger partial charge in [-0.05, 0) is 69.8 Å². The molecule has 370 valence electrons. The van der Waals surface area contributed by atoms with Gasteiger partial charge in [0.25, 0.3) is 0 Å². The van der Waals surface area contributed by atoms with E-state index in [0.29, 0.717) is 33.8 Å². The molecule has 0 unspecified atom stereocenters. The van der Waals surface area contributed by atoms with Crippen molar-refractivity contribution in [3.63, 3.8) is 0 Å². The van der Waals surface area contributed by atoms with Crippen LogP contribution in [0.2, 0.25) is 0 Å². The summed E-state index contributed by atoms with van der Waals surface area (Å²) in [5.74, 6) is -3.95. The second kappa shape index (κ2) is 27.8. The van der Waals surface area contributed by atoms with E-state index in [4.69, 9.17) is 31.2 Å². The highest BCUT2D eigenvalue weighted by Crippen LogP contribution is 2.24. The van der Waals surface area contributed by atoms with Gasteiger partial charge in [-0.1, -0.05) is 109 Å². The number of carboxylic acids is 2. The van der Waals surface area contributed by atoms with Crippen LogP contribution >= 0.6 is 0 Å². The van der Waals surface area contributed by atoms with Crippen LogP contribution in [0.25, 0.3) is 23.3 Å². The average molecular weight is 975 g/mol. The number of carboxylic acid groups (broad SMARTS) is 2. The van der Waals surface area contributed by atoms with Crippen molar-refractivity contribution in [2.75, 3.05) is 26.3 Å². The van der Waals surface area contributed by atoms with Crippen molar-refractivity contribution in [2.45, 2.75) is 49.9 Å². The molecule has 18 heteroatoms. The predicted octanol–water partition coefficient (Wildman–Crippen LogP) is 3.86. The fraction of sp³-hybridized carbons (Fsp3) is 0.222. The van der Waals surface area contributed by atoms with Gasteiger partial charge in [0.05, 0.1) is 61.3 Å². The maximum atomic E-state index is 13.1. The predicted molar refractivity (Wildman–Crippen MR) is 268 cm³/mol. The van der Waals surface area contributed by atoms with Crippen LogP contribution < -0.4 is 42.2 Å². The number of nitrogens with zero attached hydrogens (tertiary/aromatic N) is 2. The number of hydrogen-bond acceptors (Lipinski definition) is 12. The van der Waals surface area contributed by atoms with Crippen LogP contribution in [0.4, 0.5) is 0 Å². The molecule has 0 spiro atoms. The molecule has 5 aromatic rings. The molecule has 0 aliphatic carbocycles. The number of carbonyl (C=O) groups excluding carboxylic acids is 4. The molecule has 0 fully saturated rings. The van der Waals surface area contributed by atoms with Gasteiger partial charge < -0.3 is 52.4 Å². The lowest BCUT2D eigenvalue weighted by atomic mass is 9.99. The highest BCUT2D eigenvalue weighted by molar-refractivity contribution is 5.94. The summed E-state index contributed by atoms with van der Waals surface area (Å²) in [6, 6.07) is 38.8. The van der Waals surface area contributed by atoms with Crippen LogP contribution in [-0.4, -0.2) is 96.3 Å². The summed E-state index contributed by atoms with van der Waals surface area (Å²) < 4.78 is 11.6. The largest absolute Gasteiger partial charge is 0.492 e. The second-order valence-corrected chi connectivity index (χ2v) is 16.2. The number of hydrogen-bond donors (Lipinski definition) is 8. The van der Waals surface area contributed by atoms with Gasteiger partial charge in [-0.3, -0.25) is 28.8 Å². The summed E-state index contributed by atoms with van der Waals surface area (Å²) in [6.45, 7) is 0.409. The highest BCUT2D eigenvalue weighted by atomic mass is 16.5. The van der Waals surface area contributed by atoms with Crippen LogP contribution in [-0.2, 0) is 41.6 Å². The van der Waals surface area contributed by atoms with Gasteiger partial charge >= 0.3 is 11.9 Å². The molecule has 0 aliphatic rings. The van der Waals surface area contributed by atoms with Gasteiger partial charge in [0, 0.05) is 12.8 Å². The number of nitrogens with two attached hydrogens (primary N) is 2. The molecule has 4 amide bonds. The number of amides is 4. The number of allylic oxidation sites excluding steroid dienone is 2. The zero-order chi connectivity index (χ0) is 51.8. The molecule has 5 rings (SSSR count). The van der Waals surface area contributed by atoms with Gasteiger partial charge in [0.1, 0.15) is 36.8 Å². The summed E-state index contributed by atoms with van der Waals surface area (Å²) in [4.78, 5) is 73.4.